The van der Waals surface area contributed by atoms with Crippen LogP contribution in [0.5, 0.6) is 5.88 Å². The van der Waals surface area contributed by atoms with Crippen LogP contribution in [0, 0.1) is 0 Å². The third-order valence-corrected chi connectivity index (χ3v) is 2.93. The zero-order valence-electron chi connectivity index (χ0n) is 10.2. The molecule has 2 heterocycles. The molecule has 0 aliphatic carbocycles. The molecule has 2 aromatic heterocycles. The number of pyridine rings is 1. The molecular weight excluding hydrogens is 252 g/mol. The summed E-state index contributed by atoms with van der Waals surface area (Å²) in [6, 6.07) is 3.83. The van der Waals surface area contributed by atoms with Crippen molar-refractivity contribution in [3.8, 4) is 5.88 Å². The molecule has 2 aromatic rings. The molecule has 0 saturated carbocycles. The van der Waals surface area contributed by atoms with Crippen molar-refractivity contribution >= 4 is 16.7 Å². The maximum absolute atomic E-state index is 5.17. The number of ether oxygens (including phenoxy) is 2. The summed E-state index contributed by atoms with van der Waals surface area (Å²) in [7, 11) is 3.22. The monoisotopic (exact) mass is 266 g/mol. The molecule has 0 aliphatic heterocycles. The number of aromatic nitrogens is 3. The predicted molar refractivity (Wildman–Crippen MR) is 68.7 cm³/mol. The van der Waals surface area contributed by atoms with E-state index >= 15 is 0 Å². The summed E-state index contributed by atoms with van der Waals surface area (Å²) in [5.74, 6) is 1.30. The second kappa shape index (κ2) is 6.27. The minimum atomic E-state index is 0.425. The standard InChI is InChI=1S/C11H14N4O2S/c1-16-7-9-14-11(18-15-9)13-6-8-4-3-5-12-10(8)17-2/h3-5H,6-7H2,1-2H3,(H,13,14,15). The summed E-state index contributed by atoms with van der Waals surface area (Å²) in [5.41, 5.74) is 0.975. The summed E-state index contributed by atoms with van der Waals surface area (Å²) in [6.07, 6.45) is 1.70. The molecule has 2 rings (SSSR count). The number of methoxy groups -OCH3 is 2. The smallest absolute Gasteiger partial charge is 0.218 e. The van der Waals surface area contributed by atoms with Crippen molar-refractivity contribution in [1.29, 1.82) is 0 Å². The Hall–Kier alpha value is -1.73. The zero-order valence-corrected chi connectivity index (χ0v) is 11.0. The van der Waals surface area contributed by atoms with Gasteiger partial charge in [-0.3, -0.25) is 0 Å². The van der Waals surface area contributed by atoms with E-state index in [1.807, 2.05) is 12.1 Å². The Labute approximate surface area is 109 Å². The summed E-state index contributed by atoms with van der Waals surface area (Å²) >= 11 is 1.31. The van der Waals surface area contributed by atoms with Crippen LogP contribution < -0.4 is 10.1 Å². The topological polar surface area (TPSA) is 69.2 Å². The van der Waals surface area contributed by atoms with Gasteiger partial charge in [0.05, 0.1) is 7.11 Å². The van der Waals surface area contributed by atoms with Crippen molar-refractivity contribution in [2.24, 2.45) is 0 Å². The molecule has 0 unspecified atom stereocenters. The number of rotatable bonds is 6. The molecule has 0 amide bonds. The molecule has 0 aromatic carbocycles. The van der Waals surface area contributed by atoms with Crippen molar-refractivity contribution in [3.63, 3.8) is 0 Å². The molecule has 96 valence electrons. The highest BCUT2D eigenvalue weighted by molar-refractivity contribution is 7.09. The highest BCUT2D eigenvalue weighted by Gasteiger charge is 2.06. The van der Waals surface area contributed by atoms with Gasteiger partial charge < -0.3 is 14.8 Å². The van der Waals surface area contributed by atoms with E-state index in [0.717, 1.165) is 10.7 Å². The van der Waals surface area contributed by atoms with Gasteiger partial charge in [-0.2, -0.15) is 4.37 Å². The first-order valence-corrected chi connectivity index (χ1v) is 6.14. The predicted octanol–water partition coefficient (Wildman–Crippen LogP) is 1.70. The minimum absolute atomic E-state index is 0.425. The first-order valence-electron chi connectivity index (χ1n) is 5.36. The van der Waals surface area contributed by atoms with E-state index in [0.29, 0.717) is 24.9 Å². The van der Waals surface area contributed by atoms with E-state index in [9.17, 15) is 0 Å². The first kappa shape index (κ1) is 12.7. The number of nitrogens with zero attached hydrogens (tertiary/aromatic N) is 3. The number of nitrogens with one attached hydrogen (secondary N) is 1. The molecule has 0 radical (unpaired) electrons. The van der Waals surface area contributed by atoms with Crippen molar-refractivity contribution < 1.29 is 9.47 Å². The number of anilines is 1. The third kappa shape index (κ3) is 3.14. The van der Waals surface area contributed by atoms with Gasteiger partial charge in [-0.1, -0.05) is 6.07 Å². The minimum Gasteiger partial charge on any atom is -0.481 e. The molecule has 0 atom stereocenters. The first-order chi connectivity index (χ1) is 8.83. The molecular formula is C11H14N4O2S. The molecule has 0 fully saturated rings. The van der Waals surface area contributed by atoms with Crippen LogP contribution in [0.3, 0.4) is 0 Å². The maximum Gasteiger partial charge on any atom is 0.218 e. The van der Waals surface area contributed by atoms with Gasteiger partial charge in [0.25, 0.3) is 0 Å². The quantitative estimate of drug-likeness (QED) is 0.858. The van der Waals surface area contributed by atoms with E-state index in [-0.39, 0.29) is 0 Å². The van der Waals surface area contributed by atoms with Crippen LogP contribution in [0.4, 0.5) is 5.13 Å². The van der Waals surface area contributed by atoms with Crippen LogP contribution in [0.15, 0.2) is 18.3 Å². The number of hydrogen-bond acceptors (Lipinski definition) is 7. The van der Waals surface area contributed by atoms with Crippen molar-refractivity contribution in [2.75, 3.05) is 19.5 Å². The van der Waals surface area contributed by atoms with Crippen molar-refractivity contribution in [3.05, 3.63) is 29.7 Å². The Morgan fingerprint density at radius 2 is 2.28 bits per heavy atom. The summed E-state index contributed by atoms with van der Waals surface area (Å²) < 4.78 is 14.3. The molecule has 6 nitrogen and oxygen atoms in total. The average molecular weight is 266 g/mol. The van der Waals surface area contributed by atoms with Gasteiger partial charge in [-0.25, -0.2) is 9.97 Å². The van der Waals surface area contributed by atoms with Crippen LogP contribution in [0.25, 0.3) is 0 Å². The van der Waals surface area contributed by atoms with E-state index in [1.54, 1.807) is 20.4 Å². The Morgan fingerprint density at radius 3 is 3.06 bits per heavy atom. The van der Waals surface area contributed by atoms with Gasteiger partial charge in [-0.05, 0) is 6.07 Å². The lowest BCUT2D eigenvalue weighted by molar-refractivity contribution is 0.179. The Morgan fingerprint density at radius 1 is 1.39 bits per heavy atom. The van der Waals surface area contributed by atoms with Crippen LogP contribution in [0.1, 0.15) is 11.4 Å². The van der Waals surface area contributed by atoms with Gasteiger partial charge in [0, 0.05) is 36.9 Å². The highest BCUT2D eigenvalue weighted by atomic mass is 32.1. The average Bonchev–Trinajstić information content (AvgIpc) is 2.85. The fraction of sp³-hybridized carbons (Fsp3) is 0.364. The Kier molecular flexibility index (Phi) is 4.43. The molecule has 1 N–H and O–H groups in total. The van der Waals surface area contributed by atoms with Crippen molar-refractivity contribution in [1.82, 2.24) is 14.3 Å². The van der Waals surface area contributed by atoms with E-state index < -0.39 is 0 Å². The van der Waals surface area contributed by atoms with Crippen LogP contribution in [-0.4, -0.2) is 28.6 Å². The lowest BCUT2D eigenvalue weighted by Crippen LogP contribution is -2.02. The largest absolute Gasteiger partial charge is 0.481 e. The van der Waals surface area contributed by atoms with Gasteiger partial charge in [0.1, 0.15) is 6.61 Å². The third-order valence-electron chi connectivity index (χ3n) is 2.21. The van der Waals surface area contributed by atoms with Gasteiger partial charge in [-0.15, -0.1) is 0 Å². The highest BCUT2D eigenvalue weighted by Crippen LogP contribution is 2.17. The molecule has 18 heavy (non-hydrogen) atoms. The maximum atomic E-state index is 5.17. The second-order valence-electron chi connectivity index (χ2n) is 3.47. The Balaban J connectivity index is 1.97. The van der Waals surface area contributed by atoms with E-state index in [2.05, 4.69) is 19.7 Å². The second-order valence-corrected chi connectivity index (χ2v) is 4.23. The van der Waals surface area contributed by atoms with Crippen LogP contribution in [0.2, 0.25) is 0 Å². The SMILES string of the molecule is COCc1nsc(NCc2cccnc2OC)n1. The van der Waals surface area contributed by atoms with Crippen molar-refractivity contribution in [2.45, 2.75) is 13.2 Å². The molecule has 0 bridgehead atoms. The summed E-state index contributed by atoms with van der Waals surface area (Å²) in [4.78, 5) is 8.41. The van der Waals surface area contributed by atoms with E-state index in [1.165, 1.54) is 11.5 Å². The van der Waals surface area contributed by atoms with Crippen LogP contribution >= 0.6 is 11.5 Å². The van der Waals surface area contributed by atoms with Gasteiger partial charge in [0.15, 0.2) is 5.82 Å². The molecule has 0 saturated heterocycles. The molecule has 7 heteroatoms. The lowest BCUT2D eigenvalue weighted by Gasteiger charge is -2.06. The fourth-order valence-corrected chi connectivity index (χ4v) is 2.00. The number of hydrogen-bond donors (Lipinski definition) is 1. The van der Waals surface area contributed by atoms with Gasteiger partial charge in [0.2, 0.25) is 11.0 Å². The summed E-state index contributed by atoms with van der Waals surface area (Å²) in [6.45, 7) is 1.02. The molecule has 0 spiro atoms. The Bertz CT molecular complexity index is 503. The molecule has 0 aliphatic rings. The summed E-state index contributed by atoms with van der Waals surface area (Å²) in [5, 5.41) is 3.94. The fourth-order valence-electron chi connectivity index (χ4n) is 1.43. The lowest BCUT2D eigenvalue weighted by atomic mass is 10.3. The zero-order chi connectivity index (χ0) is 12.8. The van der Waals surface area contributed by atoms with Crippen LogP contribution in [-0.2, 0) is 17.9 Å². The van der Waals surface area contributed by atoms with Gasteiger partial charge >= 0.3 is 0 Å². The normalized spacial score (nSPS) is 10.3. The van der Waals surface area contributed by atoms with E-state index in [4.69, 9.17) is 9.47 Å².